The molecular formula is C14H10FNO5. The first-order valence-electron chi connectivity index (χ1n) is 5.79. The molecule has 6 nitrogen and oxygen atoms in total. The second kappa shape index (κ2) is 5.58. The van der Waals surface area contributed by atoms with Gasteiger partial charge in [0.05, 0.1) is 17.6 Å². The van der Waals surface area contributed by atoms with E-state index in [2.05, 4.69) is 0 Å². The Balaban J connectivity index is 2.68. The van der Waals surface area contributed by atoms with Crippen LogP contribution >= 0.6 is 0 Å². The molecule has 0 aliphatic heterocycles. The van der Waals surface area contributed by atoms with Gasteiger partial charge in [0.2, 0.25) is 0 Å². The summed E-state index contributed by atoms with van der Waals surface area (Å²) in [6.45, 7) is 0. The molecule has 108 valence electrons. The number of carbonyl (C=O) groups is 1. The molecule has 7 heteroatoms. The quantitative estimate of drug-likeness (QED) is 0.690. The van der Waals surface area contributed by atoms with Crippen molar-refractivity contribution in [2.45, 2.75) is 0 Å². The van der Waals surface area contributed by atoms with Gasteiger partial charge in [-0.3, -0.25) is 10.1 Å². The van der Waals surface area contributed by atoms with Gasteiger partial charge in [-0.05, 0) is 29.8 Å². The van der Waals surface area contributed by atoms with Gasteiger partial charge in [0.15, 0.2) is 0 Å². The van der Waals surface area contributed by atoms with Gasteiger partial charge in [-0.15, -0.1) is 0 Å². The molecular weight excluding hydrogens is 281 g/mol. The highest BCUT2D eigenvalue weighted by Crippen LogP contribution is 2.30. The number of rotatable bonds is 4. The van der Waals surface area contributed by atoms with Crippen LogP contribution in [0.25, 0.3) is 11.1 Å². The molecule has 0 spiro atoms. The number of carboxylic acid groups (broad SMARTS) is 1. The Labute approximate surface area is 118 Å². The first-order valence-corrected chi connectivity index (χ1v) is 5.79. The Morgan fingerprint density at radius 2 is 2.00 bits per heavy atom. The number of methoxy groups -OCH3 is 1. The maximum absolute atomic E-state index is 13.9. The summed E-state index contributed by atoms with van der Waals surface area (Å²) < 4.78 is 18.9. The van der Waals surface area contributed by atoms with Crippen LogP contribution in [0.4, 0.5) is 10.1 Å². The molecule has 0 saturated heterocycles. The van der Waals surface area contributed by atoms with E-state index in [0.717, 1.165) is 18.2 Å². The monoisotopic (exact) mass is 291 g/mol. The number of ether oxygens (including phenoxy) is 1. The lowest BCUT2D eigenvalue weighted by molar-refractivity contribution is -0.384. The number of nitro benzene ring substituents is 1. The Morgan fingerprint density at radius 3 is 2.57 bits per heavy atom. The number of carboxylic acids is 1. The molecule has 0 aliphatic rings. The van der Waals surface area contributed by atoms with Crippen LogP contribution in [-0.2, 0) is 0 Å². The van der Waals surface area contributed by atoms with Crippen molar-refractivity contribution in [2.75, 3.05) is 7.11 Å². The van der Waals surface area contributed by atoms with Crippen molar-refractivity contribution in [1.29, 1.82) is 0 Å². The van der Waals surface area contributed by atoms with E-state index < -0.39 is 22.4 Å². The van der Waals surface area contributed by atoms with Crippen molar-refractivity contribution in [2.24, 2.45) is 0 Å². The van der Waals surface area contributed by atoms with Crippen LogP contribution in [0.15, 0.2) is 36.4 Å². The maximum Gasteiger partial charge on any atom is 0.335 e. The molecule has 0 fully saturated rings. The molecule has 2 aromatic rings. The minimum absolute atomic E-state index is 0.0283. The molecule has 0 aliphatic carbocycles. The normalized spacial score (nSPS) is 10.2. The first kappa shape index (κ1) is 14.4. The topological polar surface area (TPSA) is 89.7 Å². The average Bonchev–Trinajstić information content (AvgIpc) is 2.47. The number of halogens is 1. The number of nitrogens with zero attached hydrogens (tertiary/aromatic N) is 1. The van der Waals surface area contributed by atoms with Gasteiger partial charge in [-0.1, -0.05) is 0 Å². The molecule has 1 N–H and O–H groups in total. The van der Waals surface area contributed by atoms with E-state index in [1.54, 1.807) is 0 Å². The molecule has 2 rings (SSSR count). The minimum Gasteiger partial charge on any atom is -0.497 e. The van der Waals surface area contributed by atoms with Gasteiger partial charge in [0, 0.05) is 17.7 Å². The molecule has 2 aromatic carbocycles. The predicted molar refractivity (Wildman–Crippen MR) is 72.0 cm³/mol. The first-order chi connectivity index (χ1) is 9.92. The summed E-state index contributed by atoms with van der Waals surface area (Å²) in [4.78, 5) is 21.2. The fraction of sp³-hybridized carbons (Fsp3) is 0.0714. The largest absolute Gasteiger partial charge is 0.497 e. The molecule has 21 heavy (non-hydrogen) atoms. The predicted octanol–water partition coefficient (Wildman–Crippen LogP) is 3.11. The second-order valence-corrected chi connectivity index (χ2v) is 4.18. The summed E-state index contributed by atoms with van der Waals surface area (Å²) in [5.41, 5.74) is -0.591. The fourth-order valence-corrected chi connectivity index (χ4v) is 1.85. The van der Waals surface area contributed by atoms with Gasteiger partial charge < -0.3 is 9.84 Å². The van der Waals surface area contributed by atoms with Crippen LogP contribution < -0.4 is 4.74 Å². The Bertz CT molecular complexity index is 697. The van der Waals surface area contributed by atoms with Gasteiger partial charge in [-0.25, -0.2) is 9.18 Å². The van der Waals surface area contributed by atoms with Crippen molar-refractivity contribution >= 4 is 11.7 Å². The highest BCUT2D eigenvalue weighted by Gasteiger charge is 2.17. The van der Waals surface area contributed by atoms with Crippen molar-refractivity contribution < 1.29 is 24.0 Å². The Kier molecular flexibility index (Phi) is 3.84. The summed E-state index contributed by atoms with van der Waals surface area (Å²) in [6, 6.07) is 7.10. The minimum atomic E-state index is -1.33. The highest BCUT2D eigenvalue weighted by molar-refractivity contribution is 5.90. The van der Waals surface area contributed by atoms with Crippen molar-refractivity contribution in [1.82, 2.24) is 0 Å². The third-order valence-electron chi connectivity index (χ3n) is 2.86. The van der Waals surface area contributed by atoms with Crippen LogP contribution in [0.1, 0.15) is 10.4 Å². The van der Waals surface area contributed by atoms with E-state index in [1.807, 2.05) is 0 Å². The van der Waals surface area contributed by atoms with Gasteiger partial charge >= 0.3 is 5.97 Å². The van der Waals surface area contributed by atoms with Crippen molar-refractivity contribution in [3.8, 4) is 16.9 Å². The number of nitro groups is 1. The lowest BCUT2D eigenvalue weighted by Gasteiger charge is -2.07. The number of aromatic carboxylic acids is 1. The van der Waals surface area contributed by atoms with E-state index in [9.17, 15) is 19.3 Å². The Morgan fingerprint density at radius 1 is 1.29 bits per heavy atom. The molecule has 0 atom stereocenters. The molecule has 0 unspecified atom stereocenters. The fourth-order valence-electron chi connectivity index (χ4n) is 1.85. The number of hydrogen-bond donors (Lipinski definition) is 1. The number of hydrogen-bond acceptors (Lipinski definition) is 4. The van der Waals surface area contributed by atoms with E-state index >= 15 is 0 Å². The zero-order chi connectivity index (χ0) is 15.6. The SMILES string of the molecule is COc1ccc(F)c(-c2cc(C(=O)O)cc([N+](=O)[O-])c2)c1. The standard InChI is InChI=1S/C14H10FNO5/c1-21-11-2-3-13(15)12(7-11)8-4-9(14(17)18)6-10(5-8)16(19)20/h2-7H,1H3,(H,17,18). The zero-order valence-electron chi connectivity index (χ0n) is 10.9. The van der Waals surface area contributed by atoms with E-state index in [0.29, 0.717) is 5.75 Å². The van der Waals surface area contributed by atoms with Crippen molar-refractivity contribution in [3.05, 3.63) is 57.9 Å². The zero-order valence-corrected chi connectivity index (χ0v) is 10.9. The van der Waals surface area contributed by atoms with Gasteiger partial charge in [-0.2, -0.15) is 0 Å². The molecule has 0 saturated carbocycles. The molecule has 0 amide bonds. The number of non-ortho nitro benzene ring substituents is 1. The summed E-state index contributed by atoms with van der Waals surface area (Å²) in [6.07, 6.45) is 0. The maximum atomic E-state index is 13.9. The van der Waals surface area contributed by atoms with Crippen LogP contribution in [-0.4, -0.2) is 23.1 Å². The summed E-state index contributed by atoms with van der Waals surface area (Å²) in [5.74, 6) is -1.61. The van der Waals surface area contributed by atoms with Gasteiger partial charge in [0.25, 0.3) is 5.69 Å². The molecule has 0 aromatic heterocycles. The summed E-state index contributed by atoms with van der Waals surface area (Å²) in [5, 5.41) is 19.9. The lowest BCUT2D eigenvalue weighted by Crippen LogP contribution is -2.00. The van der Waals surface area contributed by atoms with Crippen LogP contribution in [0.3, 0.4) is 0 Å². The smallest absolute Gasteiger partial charge is 0.335 e. The van der Waals surface area contributed by atoms with Crippen LogP contribution in [0.2, 0.25) is 0 Å². The van der Waals surface area contributed by atoms with Crippen molar-refractivity contribution in [3.63, 3.8) is 0 Å². The van der Waals surface area contributed by atoms with E-state index in [-0.39, 0.29) is 16.7 Å². The van der Waals surface area contributed by atoms with E-state index in [4.69, 9.17) is 9.84 Å². The summed E-state index contributed by atoms with van der Waals surface area (Å²) in [7, 11) is 1.40. The number of benzene rings is 2. The third-order valence-corrected chi connectivity index (χ3v) is 2.86. The second-order valence-electron chi connectivity index (χ2n) is 4.18. The summed E-state index contributed by atoms with van der Waals surface area (Å²) >= 11 is 0. The van der Waals surface area contributed by atoms with Gasteiger partial charge in [0.1, 0.15) is 11.6 Å². The molecule has 0 heterocycles. The van der Waals surface area contributed by atoms with Crippen LogP contribution in [0.5, 0.6) is 5.75 Å². The Hall–Kier alpha value is -2.96. The lowest BCUT2D eigenvalue weighted by atomic mass is 10.0. The van der Waals surface area contributed by atoms with Crippen LogP contribution in [0, 0.1) is 15.9 Å². The third kappa shape index (κ3) is 2.97. The molecule has 0 bridgehead atoms. The molecule has 0 radical (unpaired) electrons. The highest BCUT2D eigenvalue weighted by atomic mass is 19.1. The average molecular weight is 291 g/mol. The van der Waals surface area contributed by atoms with E-state index in [1.165, 1.54) is 25.3 Å².